The molecule has 0 amide bonds. The molecule has 0 spiro atoms. The number of hydrogen-bond donors (Lipinski definition) is 2. The van der Waals surface area contributed by atoms with E-state index in [2.05, 4.69) is 0 Å². The van der Waals surface area contributed by atoms with Crippen LogP contribution in [-0.4, -0.2) is 10.2 Å². The van der Waals surface area contributed by atoms with Crippen LogP contribution in [0.15, 0.2) is 0 Å². The van der Waals surface area contributed by atoms with Crippen LogP contribution >= 0.6 is 0 Å². The molecule has 2 atom stereocenters. The molecule has 1 aromatic carbocycles. The maximum Gasteiger partial charge on any atom is 0.0767 e. The van der Waals surface area contributed by atoms with E-state index in [1.807, 2.05) is 27.7 Å². The SMILES string of the molecule is Cc1c(C)c([C@H](C)O)c(C)c([C@H](C)O)c1C. The van der Waals surface area contributed by atoms with Gasteiger partial charge in [-0.3, -0.25) is 0 Å². The Morgan fingerprint density at radius 1 is 0.625 bits per heavy atom. The van der Waals surface area contributed by atoms with Crippen LogP contribution in [0.25, 0.3) is 0 Å². The number of aliphatic hydroxyl groups excluding tert-OH is 2. The van der Waals surface area contributed by atoms with Gasteiger partial charge < -0.3 is 10.2 Å². The lowest BCUT2D eigenvalue weighted by molar-refractivity contribution is 0.190. The molecule has 0 aliphatic carbocycles. The summed E-state index contributed by atoms with van der Waals surface area (Å²) in [5, 5.41) is 19.7. The summed E-state index contributed by atoms with van der Waals surface area (Å²) in [4.78, 5) is 0. The van der Waals surface area contributed by atoms with Gasteiger partial charge in [0.15, 0.2) is 0 Å². The first-order valence-electron chi connectivity index (χ1n) is 5.75. The standard InChI is InChI=1S/C14H22O2/c1-7-8(2)13(11(5)15)10(4)14(9(7)3)12(6)16/h11-12,15-16H,1-6H3/t11-,12-/m0/s1. The van der Waals surface area contributed by atoms with Gasteiger partial charge in [-0.2, -0.15) is 0 Å². The largest absolute Gasteiger partial charge is 0.389 e. The molecule has 0 heterocycles. The van der Waals surface area contributed by atoms with Crippen molar-refractivity contribution in [1.29, 1.82) is 0 Å². The van der Waals surface area contributed by atoms with Crippen molar-refractivity contribution in [2.45, 2.75) is 53.8 Å². The summed E-state index contributed by atoms with van der Waals surface area (Å²) in [6.07, 6.45) is -0.978. The lowest BCUT2D eigenvalue weighted by Gasteiger charge is -2.23. The summed E-state index contributed by atoms with van der Waals surface area (Å²) in [5.41, 5.74) is 6.37. The molecule has 0 radical (unpaired) electrons. The van der Waals surface area contributed by atoms with Crippen molar-refractivity contribution in [2.24, 2.45) is 0 Å². The lowest BCUT2D eigenvalue weighted by atomic mass is 9.85. The fourth-order valence-electron chi connectivity index (χ4n) is 2.65. The Morgan fingerprint density at radius 2 is 0.938 bits per heavy atom. The smallest absolute Gasteiger partial charge is 0.0767 e. The third-order valence-corrected chi connectivity index (χ3v) is 3.58. The van der Waals surface area contributed by atoms with E-state index in [0.29, 0.717) is 0 Å². The zero-order chi connectivity index (χ0) is 12.6. The average molecular weight is 222 g/mol. The average Bonchev–Trinajstić information content (AvgIpc) is 2.13. The van der Waals surface area contributed by atoms with Gasteiger partial charge in [0, 0.05) is 0 Å². The summed E-state index contributed by atoms with van der Waals surface area (Å²) in [6.45, 7) is 11.6. The predicted molar refractivity (Wildman–Crippen MR) is 66.7 cm³/mol. The van der Waals surface area contributed by atoms with E-state index in [9.17, 15) is 10.2 Å². The van der Waals surface area contributed by atoms with E-state index in [4.69, 9.17) is 0 Å². The summed E-state index contributed by atoms with van der Waals surface area (Å²) in [7, 11) is 0. The van der Waals surface area contributed by atoms with Crippen molar-refractivity contribution in [3.63, 3.8) is 0 Å². The molecular formula is C14H22O2. The Bertz CT molecular complexity index is 369. The normalized spacial score (nSPS) is 15.0. The monoisotopic (exact) mass is 222 g/mol. The number of benzene rings is 1. The minimum absolute atomic E-state index is 0.489. The molecular weight excluding hydrogens is 200 g/mol. The van der Waals surface area contributed by atoms with Crippen LogP contribution < -0.4 is 0 Å². The quantitative estimate of drug-likeness (QED) is 0.807. The minimum atomic E-state index is -0.489. The van der Waals surface area contributed by atoms with Gasteiger partial charge in [-0.05, 0) is 74.9 Å². The van der Waals surface area contributed by atoms with Crippen LogP contribution in [0.2, 0.25) is 0 Å². The molecule has 2 N–H and O–H groups in total. The van der Waals surface area contributed by atoms with Crippen LogP contribution in [0.5, 0.6) is 0 Å². The van der Waals surface area contributed by atoms with Gasteiger partial charge in [0.2, 0.25) is 0 Å². The van der Waals surface area contributed by atoms with Gasteiger partial charge in [0.05, 0.1) is 12.2 Å². The van der Waals surface area contributed by atoms with Crippen LogP contribution in [0.3, 0.4) is 0 Å². The van der Waals surface area contributed by atoms with Crippen molar-refractivity contribution < 1.29 is 10.2 Å². The van der Waals surface area contributed by atoms with Gasteiger partial charge in [-0.1, -0.05) is 0 Å². The first-order chi connectivity index (χ1) is 7.29. The number of hydrogen-bond acceptors (Lipinski definition) is 2. The summed E-state index contributed by atoms with van der Waals surface area (Å²) < 4.78 is 0. The molecule has 0 aliphatic rings. The molecule has 0 aromatic heterocycles. The maximum absolute atomic E-state index is 9.83. The Hall–Kier alpha value is -0.860. The summed E-state index contributed by atoms with van der Waals surface area (Å²) in [5.74, 6) is 0. The van der Waals surface area contributed by atoms with Crippen molar-refractivity contribution in [3.8, 4) is 0 Å². The van der Waals surface area contributed by atoms with E-state index < -0.39 is 12.2 Å². The first-order valence-corrected chi connectivity index (χ1v) is 5.75. The lowest BCUT2D eigenvalue weighted by Crippen LogP contribution is -2.09. The van der Waals surface area contributed by atoms with Crippen molar-refractivity contribution >= 4 is 0 Å². The highest BCUT2D eigenvalue weighted by atomic mass is 16.3. The highest BCUT2D eigenvalue weighted by Gasteiger charge is 2.19. The third-order valence-electron chi connectivity index (χ3n) is 3.58. The van der Waals surface area contributed by atoms with Gasteiger partial charge in [-0.15, -0.1) is 0 Å². The second-order valence-corrected chi connectivity index (χ2v) is 4.68. The Kier molecular flexibility index (Phi) is 3.76. The van der Waals surface area contributed by atoms with Crippen molar-refractivity contribution in [1.82, 2.24) is 0 Å². The van der Waals surface area contributed by atoms with Gasteiger partial charge in [0.1, 0.15) is 0 Å². The summed E-state index contributed by atoms with van der Waals surface area (Å²) >= 11 is 0. The maximum atomic E-state index is 9.83. The minimum Gasteiger partial charge on any atom is -0.389 e. The molecule has 2 nitrogen and oxygen atoms in total. The zero-order valence-corrected chi connectivity index (χ0v) is 11.0. The van der Waals surface area contributed by atoms with E-state index in [0.717, 1.165) is 33.4 Å². The molecule has 2 heteroatoms. The van der Waals surface area contributed by atoms with Crippen LogP contribution in [-0.2, 0) is 0 Å². The van der Waals surface area contributed by atoms with Gasteiger partial charge in [-0.25, -0.2) is 0 Å². The molecule has 1 aromatic rings. The number of rotatable bonds is 2. The second-order valence-electron chi connectivity index (χ2n) is 4.68. The molecule has 16 heavy (non-hydrogen) atoms. The van der Waals surface area contributed by atoms with E-state index >= 15 is 0 Å². The molecule has 0 aliphatic heterocycles. The molecule has 0 saturated heterocycles. The topological polar surface area (TPSA) is 40.5 Å². The predicted octanol–water partition coefficient (Wildman–Crippen LogP) is 3.03. The van der Waals surface area contributed by atoms with E-state index in [1.54, 1.807) is 13.8 Å². The Balaban J connectivity index is 3.66. The Labute approximate surface area is 97.9 Å². The molecule has 90 valence electrons. The van der Waals surface area contributed by atoms with Crippen LogP contribution in [0.1, 0.15) is 59.4 Å². The fourth-order valence-corrected chi connectivity index (χ4v) is 2.65. The third kappa shape index (κ3) is 2.00. The number of aliphatic hydroxyl groups is 2. The zero-order valence-electron chi connectivity index (χ0n) is 11.0. The van der Waals surface area contributed by atoms with E-state index in [1.165, 1.54) is 0 Å². The van der Waals surface area contributed by atoms with Crippen LogP contribution in [0.4, 0.5) is 0 Å². The van der Waals surface area contributed by atoms with Crippen LogP contribution in [0, 0.1) is 27.7 Å². The highest BCUT2D eigenvalue weighted by Crippen LogP contribution is 2.33. The van der Waals surface area contributed by atoms with E-state index in [-0.39, 0.29) is 0 Å². The molecule has 1 rings (SSSR count). The Morgan fingerprint density at radius 3 is 1.19 bits per heavy atom. The van der Waals surface area contributed by atoms with Gasteiger partial charge in [0.25, 0.3) is 0 Å². The van der Waals surface area contributed by atoms with Crippen molar-refractivity contribution in [2.75, 3.05) is 0 Å². The molecule has 0 unspecified atom stereocenters. The molecule has 0 bridgehead atoms. The van der Waals surface area contributed by atoms with Gasteiger partial charge >= 0.3 is 0 Å². The highest BCUT2D eigenvalue weighted by molar-refractivity contribution is 5.51. The first kappa shape index (κ1) is 13.2. The molecule has 0 fully saturated rings. The van der Waals surface area contributed by atoms with Crippen molar-refractivity contribution in [3.05, 3.63) is 33.4 Å². The second kappa shape index (κ2) is 4.56. The summed E-state index contributed by atoms with van der Waals surface area (Å²) in [6, 6.07) is 0. The molecule has 0 saturated carbocycles. The fraction of sp³-hybridized carbons (Fsp3) is 0.571.